The van der Waals surface area contributed by atoms with E-state index in [0.717, 1.165) is 6.08 Å². The number of amides is 1. The topological polar surface area (TPSA) is 119 Å². The van der Waals surface area contributed by atoms with E-state index in [0.29, 0.717) is 0 Å². The maximum absolute atomic E-state index is 11.0. The molecule has 7 nitrogen and oxygen atoms in total. The van der Waals surface area contributed by atoms with E-state index in [1.807, 2.05) is 0 Å². The molecular formula is C12H20NNaO6. The van der Waals surface area contributed by atoms with Gasteiger partial charge in [0, 0.05) is 19.1 Å². The summed E-state index contributed by atoms with van der Waals surface area (Å²) in [5.41, 5.74) is -0.321. The minimum Gasteiger partial charge on any atom is -0.545 e. The van der Waals surface area contributed by atoms with Crippen LogP contribution in [0.2, 0.25) is 0 Å². The van der Waals surface area contributed by atoms with Gasteiger partial charge in [0.1, 0.15) is 12.2 Å². The van der Waals surface area contributed by atoms with Crippen molar-refractivity contribution in [2.45, 2.75) is 45.6 Å². The second-order valence-electron chi connectivity index (χ2n) is 3.99. The number of carbonyl (C=O) groups is 2. The van der Waals surface area contributed by atoms with Gasteiger partial charge in [0.05, 0.1) is 18.1 Å². The molecule has 0 fully saturated rings. The van der Waals surface area contributed by atoms with Crippen molar-refractivity contribution in [2.24, 2.45) is 0 Å². The summed E-state index contributed by atoms with van der Waals surface area (Å²) in [5.74, 6) is -1.97. The van der Waals surface area contributed by atoms with E-state index in [1.54, 1.807) is 6.92 Å². The van der Waals surface area contributed by atoms with Crippen molar-refractivity contribution in [3.05, 3.63) is 11.6 Å². The van der Waals surface area contributed by atoms with Crippen molar-refractivity contribution in [1.82, 2.24) is 5.32 Å². The van der Waals surface area contributed by atoms with Crippen molar-refractivity contribution in [1.29, 1.82) is 0 Å². The average molecular weight is 297 g/mol. The number of aliphatic hydroxyl groups is 2. The molecule has 1 rings (SSSR count). The molecule has 0 aromatic rings. The number of hydrogen-bond donors (Lipinski definition) is 3. The summed E-state index contributed by atoms with van der Waals surface area (Å²) in [6.07, 6.45) is -2.79. The number of hydrogen-bond acceptors (Lipinski definition) is 6. The number of carbonyl (C=O) groups excluding carboxylic acids is 2. The summed E-state index contributed by atoms with van der Waals surface area (Å²) in [7, 11) is 0. The Morgan fingerprint density at radius 1 is 1.45 bits per heavy atom. The molecule has 0 aromatic carbocycles. The predicted octanol–water partition coefficient (Wildman–Crippen LogP) is -5.05. The molecule has 1 aliphatic rings. The Kier molecular flexibility index (Phi) is 10.4. The molecular weight excluding hydrogens is 277 g/mol. The molecule has 4 atom stereocenters. The van der Waals surface area contributed by atoms with Gasteiger partial charge < -0.3 is 30.2 Å². The van der Waals surface area contributed by atoms with Gasteiger partial charge in [-0.25, -0.2) is 0 Å². The molecule has 3 N–H and O–H groups in total. The molecule has 0 saturated carbocycles. The Balaban J connectivity index is 0. The number of nitrogens with one attached hydrogen (secondary N) is 1. The quantitative estimate of drug-likeness (QED) is 0.447. The number of carboxylic acid groups (broad SMARTS) is 1. The van der Waals surface area contributed by atoms with Crippen LogP contribution in [0.15, 0.2) is 11.6 Å². The third-order valence-electron chi connectivity index (χ3n) is 2.65. The van der Waals surface area contributed by atoms with E-state index in [2.05, 4.69) is 5.32 Å². The molecule has 110 valence electrons. The van der Waals surface area contributed by atoms with Crippen LogP contribution in [-0.4, -0.2) is 53.1 Å². The zero-order valence-electron chi connectivity index (χ0n) is 11.1. The van der Waals surface area contributed by atoms with Crippen LogP contribution in [0, 0.1) is 0 Å². The second kappa shape index (κ2) is 9.49. The molecule has 0 radical (unpaired) electrons. The normalized spacial score (nSPS) is 28.5. The summed E-state index contributed by atoms with van der Waals surface area (Å²) in [6.45, 7) is 3.04. The first-order valence-corrected chi connectivity index (χ1v) is 5.56. The zero-order chi connectivity index (χ0) is 13.9. The Bertz CT molecular complexity index is 373. The smallest absolute Gasteiger partial charge is 0.545 e. The van der Waals surface area contributed by atoms with E-state index < -0.39 is 36.2 Å². The van der Waals surface area contributed by atoms with Gasteiger partial charge >= 0.3 is 29.6 Å². The molecule has 1 amide bonds. The Morgan fingerprint density at radius 3 is 2.40 bits per heavy atom. The summed E-state index contributed by atoms with van der Waals surface area (Å²) in [5, 5.41) is 32.9. The van der Waals surface area contributed by atoms with Gasteiger partial charge in [-0.15, -0.1) is 0 Å². The molecule has 8 heteroatoms. The molecule has 0 spiro atoms. The van der Waals surface area contributed by atoms with Gasteiger partial charge in [-0.05, 0) is 13.0 Å². The number of rotatable bonds is 4. The molecule has 0 aliphatic heterocycles. The molecule has 20 heavy (non-hydrogen) atoms. The van der Waals surface area contributed by atoms with Crippen LogP contribution in [-0.2, 0) is 14.3 Å². The summed E-state index contributed by atoms with van der Waals surface area (Å²) >= 11 is 0. The molecule has 0 saturated heterocycles. The van der Waals surface area contributed by atoms with Crippen LogP contribution in [0.5, 0.6) is 0 Å². The first-order chi connectivity index (χ1) is 8.38. The molecule has 0 aromatic heterocycles. The molecule has 0 heterocycles. The summed E-state index contributed by atoms with van der Waals surface area (Å²) in [6, 6.07) is -1.01. The van der Waals surface area contributed by atoms with Crippen molar-refractivity contribution in [3.63, 3.8) is 0 Å². The van der Waals surface area contributed by atoms with Crippen LogP contribution < -0.4 is 40.0 Å². The number of carboxylic acids is 1. The third kappa shape index (κ3) is 5.16. The fourth-order valence-electron chi connectivity index (χ4n) is 1.91. The molecule has 1 unspecified atom stereocenters. The van der Waals surface area contributed by atoms with E-state index >= 15 is 0 Å². The number of ether oxygens (including phenoxy) is 1. The van der Waals surface area contributed by atoms with Crippen LogP contribution in [0.3, 0.4) is 0 Å². The number of aliphatic hydroxyl groups excluding tert-OH is 2. The van der Waals surface area contributed by atoms with Gasteiger partial charge in [-0.2, -0.15) is 0 Å². The standard InChI is InChI=1S/C11H17NO6.CH4.Na/c1-3-18-10-6(11(16)17)4-7(14)8(9(10)15)12-5(2)13;;/h4,7-10,14-15H,3H2,1-2H3,(H,12,13)(H,16,17);1H4;/q;;+1/p-1/t7-,8-,9+,10?;;/m1../s1. The fraction of sp³-hybridized carbons (Fsp3) is 0.667. The van der Waals surface area contributed by atoms with E-state index in [9.17, 15) is 24.9 Å². The van der Waals surface area contributed by atoms with Crippen molar-refractivity contribution in [2.75, 3.05) is 6.61 Å². The van der Waals surface area contributed by atoms with Crippen LogP contribution >= 0.6 is 0 Å². The minimum absolute atomic E-state index is 0. The maximum atomic E-state index is 11.0. The minimum atomic E-state index is -1.52. The Hall–Kier alpha value is -0.440. The monoisotopic (exact) mass is 297 g/mol. The first-order valence-electron chi connectivity index (χ1n) is 5.56. The van der Waals surface area contributed by atoms with Gasteiger partial charge in [-0.1, -0.05) is 7.43 Å². The van der Waals surface area contributed by atoms with Crippen LogP contribution in [0.25, 0.3) is 0 Å². The largest absolute Gasteiger partial charge is 1.00 e. The summed E-state index contributed by atoms with van der Waals surface area (Å²) in [4.78, 5) is 21.9. The van der Waals surface area contributed by atoms with Gasteiger partial charge in [0.15, 0.2) is 0 Å². The van der Waals surface area contributed by atoms with Crippen LogP contribution in [0.4, 0.5) is 0 Å². The second-order valence-corrected chi connectivity index (χ2v) is 3.99. The molecule has 0 bridgehead atoms. The maximum Gasteiger partial charge on any atom is 1.00 e. The number of aliphatic carboxylic acids is 1. The zero-order valence-corrected chi connectivity index (χ0v) is 13.1. The van der Waals surface area contributed by atoms with E-state index in [1.165, 1.54) is 6.92 Å². The fourth-order valence-corrected chi connectivity index (χ4v) is 1.91. The Morgan fingerprint density at radius 2 is 2.00 bits per heavy atom. The van der Waals surface area contributed by atoms with Crippen LogP contribution in [0.1, 0.15) is 21.3 Å². The van der Waals surface area contributed by atoms with Crippen molar-refractivity contribution < 1.29 is 59.2 Å². The van der Waals surface area contributed by atoms with Gasteiger partial charge in [0.25, 0.3) is 0 Å². The Labute approximate surface area is 140 Å². The van der Waals surface area contributed by atoms with Gasteiger partial charge in [-0.3, -0.25) is 4.79 Å². The predicted molar refractivity (Wildman–Crippen MR) is 64.9 cm³/mol. The average Bonchev–Trinajstić information content (AvgIpc) is 2.27. The van der Waals surface area contributed by atoms with Crippen molar-refractivity contribution in [3.8, 4) is 0 Å². The third-order valence-corrected chi connectivity index (χ3v) is 2.65. The van der Waals surface area contributed by atoms with E-state index in [-0.39, 0.29) is 49.2 Å². The van der Waals surface area contributed by atoms with Crippen molar-refractivity contribution >= 4 is 11.9 Å². The van der Waals surface area contributed by atoms with E-state index in [4.69, 9.17) is 4.74 Å². The summed E-state index contributed by atoms with van der Waals surface area (Å²) < 4.78 is 5.13. The SMILES string of the molecule is C.CCOC1C(C(=O)[O-])=C[C@@H](O)[C@@H](NC(C)=O)[C@@H]1O.[Na+]. The molecule has 1 aliphatic carbocycles. The van der Waals surface area contributed by atoms with Gasteiger partial charge in [0.2, 0.25) is 5.91 Å². The first kappa shape index (κ1) is 21.9.